The minimum absolute atomic E-state index is 0.00264. The van der Waals surface area contributed by atoms with E-state index in [4.69, 9.17) is 23.7 Å². The lowest BCUT2D eigenvalue weighted by atomic mass is 9.94. The van der Waals surface area contributed by atoms with Gasteiger partial charge in [0.05, 0.1) is 40.7 Å². The van der Waals surface area contributed by atoms with Crippen LogP contribution in [0.15, 0.2) is 58.2 Å². The van der Waals surface area contributed by atoms with Crippen LogP contribution in [-0.2, 0) is 4.79 Å². The standard InChI is InChI=1S/C24H27NO5.C6H4N6O3/c1-25-14-18(12-16-8-6-10-20(27-2)23(16)29-4)22(26)19(15-25)13-17-9-7-11-21(28-3)24(17)30-5;1-14-4-2-3-5(8-15-12(3)13)11-6(4)7-9-10-11/h6-13H,14-15H2,1-5H3;2H,1H3/b18-12+,19-13+;. The number of aromatic nitrogens is 6. The summed E-state index contributed by atoms with van der Waals surface area (Å²) in [5.41, 5.74) is 3.78. The fraction of sp³-hybridized carbons (Fsp3) is 0.267. The fourth-order valence-electron chi connectivity index (χ4n) is 4.97. The van der Waals surface area contributed by atoms with Crippen LogP contribution in [0.2, 0.25) is 0 Å². The highest BCUT2D eigenvalue weighted by molar-refractivity contribution is 6.15. The third-order valence-corrected chi connectivity index (χ3v) is 7.00. The molecule has 0 atom stereocenters. The summed E-state index contributed by atoms with van der Waals surface area (Å²) in [6.45, 7) is 1.09. The van der Waals surface area contributed by atoms with Gasteiger partial charge in [0.2, 0.25) is 11.2 Å². The summed E-state index contributed by atoms with van der Waals surface area (Å²) in [5.74, 6) is 2.84. The number of fused-ring (bicyclic) bond motifs is 3. The van der Waals surface area contributed by atoms with Gasteiger partial charge in [0.25, 0.3) is 0 Å². The van der Waals surface area contributed by atoms with E-state index in [0.717, 1.165) is 11.1 Å². The zero-order valence-electron chi connectivity index (χ0n) is 25.5. The zero-order chi connectivity index (χ0) is 32.1. The van der Waals surface area contributed by atoms with E-state index in [1.165, 1.54) is 17.7 Å². The third-order valence-electron chi connectivity index (χ3n) is 7.00. The molecule has 15 nitrogen and oxygen atoms in total. The lowest BCUT2D eigenvalue weighted by Crippen LogP contribution is -2.34. The van der Waals surface area contributed by atoms with Crippen molar-refractivity contribution in [3.8, 4) is 28.7 Å². The van der Waals surface area contributed by atoms with Gasteiger partial charge in [0.1, 0.15) is 0 Å². The summed E-state index contributed by atoms with van der Waals surface area (Å²) in [5, 5.41) is 25.6. The molecular formula is C30H31N7O8. The number of hydrogen-bond donors (Lipinski definition) is 0. The summed E-state index contributed by atoms with van der Waals surface area (Å²) in [7, 11) is 9.82. The van der Waals surface area contributed by atoms with Crippen LogP contribution in [0.1, 0.15) is 11.1 Å². The number of tetrazole rings is 1. The molecule has 45 heavy (non-hydrogen) atoms. The lowest BCUT2D eigenvalue weighted by molar-refractivity contribution is -0.782. The number of nitrogens with zero attached hydrogens (tertiary/aromatic N) is 7. The Morgan fingerprint density at radius 2 is 1.38 bits per heavy atom. The number of carbonyl (C=O) groups excluding carboxylic acids is 1. The predicted molar refractivity (Wildman–Crippen MR) is 161 cm³/mol. The van der Waals surface area contributed by atoms with E-state index >= 15 is 0 Å². The summed E-state index contributed by atoms with van der Waals surface area (Å²) in [6.07, 6.45) is 3.74. The van der Waals surface area contributed by atoms with E-state index in [9.17, 15) is 10.0 Å². The molecule has 0 spiro atoms. The van der Waals surface area contributed by atoms with Crippen LogP contribution >= 0.6 is 0 Å². The predicted octanol–water partition coefficient (Wildman–Crippen LogP) is 2.61. The minimum Gasteiger partial charge on any atom is -0.493 e. The molecule has 0 radical (unpaired) electrons. The number of likely N-dealkylation sites (tertiary alicyclic amines) is 1. The Balaban J connectivity index is 0.000000220. The maximum atomic E-state index is 13.3. The van der Waals surface area contributed by atoms with Gasteiger partial charge < -0.3 is 28.9 Å². The average molecular weight is 618 g/mol. The first kappa shape index (κ1) is 30.7. The molecule has 6 rings (SSSR count). The highest BCUT2D eigenvalue weighted by atomic mass is 16.8. The number of likely N-dealkylation sites (N-methyl/N-ethyl adjacent to an activating group) is 1. The van der Waals surface area contributed by atoms with Crippen LogP contribution in [0, 0.1) is 5.21 Å². The minimum atomic E-state index is 0.00264. The number of ether oxygens (including phenoxy) is 5. The van der Waals surface area contributed by atoms with E-state index in [-0.39, 0.29) is 21.9 Å². The smallest absolute Gasteiger partial charge is 0.345 e. The van der Waals surface area contributed by atoms with Gasteiger partial charge in [-0.1, -0.05) is 24.3 Å². The van der Waals surface area contributed by atoms with Gasteiger partial charge in [-0.2, -0.15) is 0 Å². The van der Waals surface area contributed by atoms with Crippen molar-refractivity contribution in [2.45, 2.75) is 0 Å². The molecule has 1 aliphatic heterocycles. The zero-order valence-corrected chi connectivity index (χ0v) is 25.5. The Kier molecular flexibility index (Phi) is 9.09. The van der Waals surface area contributed by atoms with Crippen LogP contribution in [0.25, 0.3) is 29.0 Å². The monoisotopic (exact) mass is 617 g/mol. The van der Waals surface area contributed by atoms with Crippen molar-refractivity contribution in [1.82, 2.24) is 30.1 Å². The molecule has 1 aliphatic rings. The second-order valence-electron chi connectivity index (χ2n) is 9.77. The van der Waals surface area contributed by atoms with Gasteiger partial charge >= 0.3 is 5.65 Å². The average Bonchev–Trinajstić information content (AvgIpc) is 3.69. The van der Waals surface area contributed by atoms with E-state index in [1.807, 2.05) is 55.6 Å². The van der Waals surface area contributed by atoms with Crippen molar-refractivity contribution < 1.29 is 38.0 Å². The van der Waals surface area contributed by atoms with Crippen LogP contribution in [0.5, 0.6) is 28.7 Å². The van der Waals surface area contributed by atoms with Crippen molar-refractivity contribution in [1.29, 1.82) is 0 Å². The van der Waals surface area contributed by atoms with Crippen molar-refractivity contribution in [2.24, 2.45) is 0 Å². The van der Waals surface area contributed by atoms with Crippen molar-refractivity contribution in [3.05, 3.63) is 69.9 Å². The Morgan fingerprint density at radius 1 is 0.822 bits per heavy atom. The summed E-state index contributed by atoms with van der Waals surface area (Å²) in [4.78, 5) is 15.6. The number of benzene rings is 2. The summed E-state index contributed by atoms with van der Waals surface area (Å²) < 4.78 is 32.5. The van der Waals surface area contributed by atoms with E-state index in [1.54, 1.807) is 28.4 Å². The second-order valence-corrected chi connectivity index (χ2v) is 9.77. The van der Waals surface area contributed by atoms with Gasteiger partial charge in [-0.3, -0.25) is 14.3 Å². The maximum absolute atomic E-state index is 13.3. The number of pyridine rings is 1. The molecule has 1 fully saturated rings. The quantitative estimate of drug-likeness (QED) is 0.194. The summed E-state index contributed by atoms with van der Waals surface area (Å²) >= 11 is 0. The molecule has 0 unspecified atom stereocenters. The third kappa shape index (κ3) is 6.05. The molecule has 2 aromatic carbocycles. The highest BCUT2D eigenvalue weighted by Crippen LogP contribution is 2.35. The molecule has 234 valence electrons. The van der Waals surface area contributed by atoms with E-state index < -0.39 is 0 Å². The first-order valence-electron chi connectivity index (χ1n) is 13.5. The van der Waals surface area contributed by atoms with Gasteiger partial charge in [0, 0.05) is 41.4 Å². The molecule has 3 aromatic heterocycles. The second kappa shape index (κ2) is 13.3. The molecule has 0 bridgehead atoms. The maximum Gasteiger partial charge on any atom is 0.345 e. The highest BCUT2D eigenvalue weighted by Gasteiger charge is 2.25. The number of rotatable bonds is 7. The number of Topliss-reactive ketones (excluding diaryl/α,β-unsaturated/α-hetero) is 1. The van der Waals surface area contributed by atoms with Crippen molar-refractivity contribution >= 4 is 34.7 Å². The first-order chi connectivity index (χ1) is 21.8. The molecule has 0 amide bonds. The number of para-hydroxylation sites is 2. The molecular weight excluding hydrogens is 586 g/mol. The van der Waals surface area contributed by atoms with Crippen molar-refractivity contribution in [2.75, 3.05) is 55.7 Å². The van der Waals surface area contributed by atoms with Crippen LogP contribution in [-0.4, -0.2) is 91.6 Å². The Bertz CT molecular complexity index is 1840. The molecule has 5 aromatic rings. The first-order valence-corrected chi connectivity index (χ1v) is 13.5. The largest absolute Gasteiger partial charge is 0.493 e. The van der Waals surface area contributed by atoms with Gasteiger partial charge in [-0.25, -0.2) is 0 Å². The number of hydrogen-bond acceptors (Lipinski definition) is 13. The normalized spacial score (nSPS) is 15.3. The number of ketones is 1. The van der Waals surface area contributed by atoms with Crippen LogP contribution in [0.4, 0.5) is 0 Å². The molecule has 0 saturated carbocycles. The molecule has 1 saturated heterocycles. The Morgan fingerprint density at radius 3 is 1.89 bits per heavy atom. The van der Waals surface area contributed by atoms with Crippen LogP contribution < -0.4 is 28.6 Å². The number of carbonyl (C=O) groups is 1. The molecule has 0 N–H and O–H groups in total. The van der Waals surface area contributed by atoms with E-state index in [0.29, 0.717) is 58.6 Å². The lowest BCUT2D eigenvalue weighted by Gasteiger charge is -2.26. The Hall–Kier alpha value is -5.70. The van der Waals surface area contributed by atoms with Crippen molar-refractivity contribution in [3.63, 3.8) is 0 Å². The van der Waals surface area contributed by atoms with Crippen LogP contribution in [0.3, 0.4) is 0 Å². The topological polar surface area (TPSA) is 163 Å². The molecule has 0 aliphatic carbocycles. The SMILES string of the molecule is COc1cc2c(no[n+]2[O-])n2nnnc12.COc1cccc(/C=C2\CN(C)C/C(=C\c3cccc(OC)c3OC)C2=O)c1OC. The number of piperidine rings is 1. The van der Waals surface area contributed by atoms with Gasteiger partial charge in [-0.15, -0.1) is 9.61 Å². The fourth-order valence-corrected chi connectivity index (χ4v) is 4.97. The molecule has 4 heterocycles. The van der Waals surface area contributed by atoms with Gasteiger partial charge in [0.15, 0.2) is 34.5 Å². The van der Waals surface area contributed by atoms with Gasteiger partial charge in [-0.05, 0) is 46.7 Å². The van der Waals surface area contributed by atoms with E-state index in [2.05, 4.69) is 30.2 Å². The summed E-state index contributed by atoms with van der Waals surface area (Å²) in [6, 6.07) is 12.7. The Labute approximate surface area is 257 Å². The number of methoxy groups -OCH3 is 5. The molecule has 15 heteroatoms.